The van der Waals surface area contributed by atoms with Gasteiger partial charge >= 0.3 is 5.97 Å². The first-order valence-electron chi connectivity index (χ1n) is 3.44. The Morgan fingerprint density at radius 2 is 2.09 bits per heavy atom. The molecule has 0 aliphatic rings. The Kier molecular flexibility index (Phi) is 3.83. The number of hydrogen-bond acceptors (Lipinski definition) is 3. The maximum atomic E-state index is 11.0. The number of esters is 1. The molecule has 0 bridgehead atoms. The van der Waals surface area contributed by atoms with Gasteiger partial charge in [-0.25, -0.2) is 0 Å². The molecule has 0 saturated carbocycles. The van der Waals surface area contributed by atoms with Crippen molar-refractivity contribution in [3.8, 4) is 0 Å². The van der Waals surface area contributed by atoms with Crippen molar-refractivity contribution in [2.75, 3.05) is 6.54 Å². The van der Waals surface area contributed by atoms with Crippen LogP contribution >= 0.6 is 11.6 Å². The lowest BCUT2D eigenvalue weighted by Crippen LogP contribution is -2.32. The third kappa shape index (κ3) is 5.04. The average molecular weight is 180 g/mol. The van der Waals surface area contributed by atoms with Crippen LogP contribution in [0.5, 0.6) is 0 Å². The Morgan fingerprint density at radius 3 is 2.36 bits per heavy atom. The second-order valence-electron chi connectivity index (χ2n) is 3.24. The minimum atomic E-state index is -0.728. The summed E-state index contributed by atoms with van der Waals surface area (Å²) in [6.45, 7) is 5.46. The van der Waals surface area contributed by atoms with Crippen LogP contribution in [0.2, 0.25) is 0 Å². The van der Waals surface area contributed by atoms with Crippen molar-refractivity contribution < 1.29 is 9.53 Å². The molecule has 0 amide bonds. The molecular weight excluding hydrogens is 166 g/mol. The van der Waals surface area contributed by atoms with Crippen LogP contribution < -0.4 is 5.73 Å². The Hall–Kier alpha value is -0.280. The van der Waals surface area contributed by atoms with Crippen molar-refractivity contribution in [3.05, 3.63) is 0 Å². The zero-order valence-corrected chi connectivity index (χ0v) is 7.81. The van der Waals surface area contributed by atoms with E-state index < -0.39 is 16.9 Å². The number of ether oxygens (including phenoxy) is 1. The van der Waals surface area contributed by atoms with E-state index in [9.17, 15) is 4.79 Å². The van der Waals surface area contributed by atoms with Gasteiger partial charge in [0.25, 0.3) is 0 Å². The molecule has 0 heterocycles. The summed E-state index contributed by atoms with van der Waals surface area (Å²) in [4.78, 5) is 11.0. The molecule has 0 aliphatic heterocycles. The van der Waals surface area contributed by atoms with Gasteiger partial charge in [0.2, 0.25) is 0 Å². The number of hydrogen-bond donors (Lipinski definition) is 1. The minimum absolute atomic E-state index is 0.108. The predicted octanol–water partition coefficient (Wildman–Crippen LogP) is 0.894. The molecule has 0 aromatic carbocycles. The topological polar surface area (TPSA) is 52.3 Å². The van der Waals surface area contributed by atoms with Gasteiger partial charge in [0.15, 0.2) is 0 Å². The van der Waals surface area contributed by atoms with E-state index in [2.05, 4.69) is 0 Å². The number of halogens is 1. The van der Waals surface area contributed by atoms with Crippen LogP contribution in [0.4, 0.5) is 0 Å². The smallest absolute Gasteiger partial charge is 0.325 e. The molecule has 0 rings (SSSR count). The summed E-state index contributed by atoms with van der Waals surface area (Å²) in [5, 5.41) is -0.728. The van der Waals surface area contributed by atoms with Gasteiger partial charge in [-0.1, -0.05) is 0 Å². The molecule has 3 nitrogen and oxygen atoms in total. The predicted molar refractivity (Wildman–Crippen MR) is 44.5 cm³/mol. The van der Waals surface area contributed by atoms with Crippen LogP contribution in [0, 0.1) is 0 Å². The molecule has 1 atom stereocenters. The lowest BCUT2D eigenvalue weighted by molar-refractivity contribution is -0.154. The van der Waals surface area contributed by atoms with Gasteiger partial charge in [0, 0.05) is 6.54 Å². The summed E-state index contributed by atoms with van der Waals surface area (Å²) < 4.78 is 4.94. The van der Waals surface area contributed by atoms with Crippen molar-refractivity contribution in [3.63, 3.8) is 0 Å². The number of rotatable bonds is 2. The van der Waals surface area contributed by atoms with Crippen LogP contribution in [0.1, 0.15) is 20.8 Å². The highest BCUT2D eigenvalue weighted by atomic mass is 35.5. The number of carbonyl (C=O) groups excluding carboxylic acids is 1. The normalized spacial score (nSPS) is 14.3. The van der Waals surface area contributed by atoms with Crippen LogP contribution in [0.15, 0.2) is 0 Å². The van der Waals surface area contributed by atoms with Gasteiger partial charge in [-0.3, -0.25) is 4.79 Å². The second kappa shape index (κ2) is 3.93. The summed E-state index contributed by atoms with van der Waals surface area (Å²) in [6, 6.07) is 0. The van der Waals surface area contributed by atoms with Gasteiger partial charge < -0.3 is 10.5 Å². The summed E-state index contributed by atoms with van der Waals surface area (Å²) >= 11 is 5.52. The molecule has 11 heavy (non-hydrogen) atoms. The number of alkyl halides is 1. The molecule has 0 aromatic rings. The minimum Gasteiger partial charge on any atom is -0.459 e. The lowest BCUT2D eigenvalue weighted by atomic mass is 10.2. The molecule has 0 radical (unpaired) electrons. The third-order valence-electron chi connectivity index (χ3n) is 0.869. The number of nitrogens with two attached hydrogens (primary N) is 1. The van der Waals surface area contributed by atoms with E-state index >= 15 is 0 Å². The van der Waals surface area contributed by atoms with Crippen molar-refractivity contribution in [2.45, 2.75) is 31.7 Å². The first kappa shape index (κ1) is 10.7. The molecule has 2 N–H and O–H groups in total. The van der Waals surface area contributed by atoms with Crippen molar-refractivity contribution >= 4 is 17.6 Å². The molecule has 0 aliphatic carbocycles. The van der Waals surface area contributed by atoms with Crippen LogP contribution in [0.3, 0.4) is 0 Å². The Balaban J connectivity index is 3.88. The van der Waals surface area contributed by atoms with E-state index in [0.29, 0.717) is 0 Å². The highest BCUT2D eigenvalue weighted by molar-refractivity contribution is 6.30. The Morgan fingerprint density at radius 1 is 1.64 bits per heavy atom. The zero-order chi connectivity index (χ0) is 9.07. The molecule has 0 aromatic heterocycles. The van der Waals surface area contributed by atoms with E-state index in [0.717, 1.165) is 0 Å². The lowest BCUT2D eigenvalue weighted by Gasteiger charge is -2.20. The monoisotopic (exact) mass is 179 g/mol. The van der Waals surface area contributed by atoms with Crippen molar-refractivity contribution in [1.82, 2.24) is 0 Å². The number of carbonyl (C=O) groups is 1. The van der Waals surface area contributed by atoms with Crippen molar-refractivity contribution in [1.29, 1.82) is 0 Å². The summed E-state index contributed by atoms with van der Waals surface area (Å²) in [7, 11) is 0. The van der Waals surface area contributed by atoms with E-state index in [1.165, 1.54) is 0 Å². The van der Waals surface area contributed by atoms with E-state index in [-0.39, 0.29) is 6.54 Å². The highest BCUT2D eigenvalue weighted by Gasteiger charge is 2.21. The van der Waals surface area contributed by atoms with Crippen LogP contribution in [-0.4, -0.2) is 23.5 Å². The van der Waals surface area contributed by atoms with Gasteiger partial charge in [0.05, 0.1) is 0 Å². The highest BCUT2D eigenvalue weighted by Crippen LogP contribution is 2.09. The van der Waals surface area contributed by atoms with Gasteiger partial charge in [-0.2, -0.15) is 0 Å². The summed E-state index contributed by atoms with van der Waals surface area (Å²) in [6.07, 6.45) is 0. The molecule has 0 spiro atoms. The van der Waals surface area contributed by atoms with E-state index in [1.54, 1.807) is 20.8 Å². The second-order valence-corrected chi connectivity index (χ2v) is 3.76. The first-order chi connectivity index (χ1) is 4.87. The molecular formula is C7H14ClNO2. The molecule has 0 unspecified atom stereocenters. The van der Waals surface area contributed by atoms with Crippen LogP contribution in [0.25, 0.3) is 0 Å². The zero-order valence-electron chi connectivity index (χ0n) is 7.06. The fourth-order valence-corrected chi connectivity index (χ4v) is 0.506. The third-order valence-corrected chi connectivity index (χ3v) is 1.23. The van der Waals surface area contributed by atoms with Gasteiger partial charge in [-0.15, -0.1) is 11.6 Å². The fraction of sp³-hybridized carbons (Fsp3) is 0.857. The standard InChI is InChI=1S/C7H14ClNO2/c1-7(2,3)11-6(10)5(8)4-9/h5H,4,9H2,1-3H3/t5-/m0/s1. The molecule has 0 saturated heterocycles. The largest absolute Gasteiger partial charge is 0.459 e. The average Bonchev–Trinajstić information content (AvgIpc) is 1.82. The molecule has 4 heteroatoms. The summed E-state index contributed by atoms with van der Waals surface area (Å²) in [5.41, 5.74) is 4.67. The van der Waals surface area contributed by atoms with E-state index in [4.69, 9.17) is 22.1 Å². The van der Waals surface area contributed by atoms with Crippen molar-refractivity contribution in [2.24, 2.45) is 5.73 Å². The fourth-order valence-electron chi connectivity index (χ4n) is 0.462. The maximum Gasteiger partial charge on any atom is 0.325 e. The first-order valence-corrected chi connectivity index (χ1v) is 3.87. The summed E-state index contributed by atoms with van der Waals surface area (Å²) in [5.74, 6) is -0.457. The quantitative estimate of drug-likeness (QED) is 0.506. The van der Waals surface area contributed by atoms with Gasteiger partial charge in [-0.05, 0) is 20.8 Å². The van der Waals surface area contributed by atoms with Gasteiger partial charge in [0.1, 0.15) is 11.0 Å². The Bertz CT molecular complexity index is 142. The Labute approximate surface area is 71.8 Å². The van der Waals surface area contributed by atoms with E-state index in [1.807, 2.05) is 0 Å². The maximum absolute atomic E-state index is 11.0. The SMILES string of the molecule is CC(C)(C)OC(=O)[C@@H](Cl)CN. The molecule has 66 valence electrons. The van der Waals surface area contributed by atoms with Crippen LogP contribution in [-0.2, 0) is 9.53 Å². The molecule has 0 fully saturated rings.